The molecule has 0 radical (unpaired) electrons. The van der Waals surface area contributed by atoms with Crippen LogP contribution in [-0.4, -0.2) is 27.2 Å². The minimum atomic E-state index is -0.894. The molecule has 0 aliphatic carbocycles. The number of halogens is 2. The van der Waals surface area contributed by atoms with Gasteiger partial charge in [0.25, 0.3) is 0 Å². The lowest BCUT2D eigenvalue weighted by Crippen LogP contribution is -2.22. The van der Waals surface area contributed by atoms with Gasteiger partial charge in [0.2, 0.25) is 0 Å². The third-order valence-corrected chi connectivity index (χ3v) is 4.29. The molecule has 1 aromatic carbocycles. The highest BCUT2D eigenvalue weighted by Crippen LogP contribution is 2.30. The van der Waals surface area contributed by atoms with Crippen LogP contribution < -0.4 is 5.32 Å². The lowest BCUT2D eigenvalue weighted by atomic mass is 10.1. The highest BCUT2D eigenvalue weighted by Gasteiger charge is 2.12. The van der Waals surface area contributed by atoms with E-state index in [1.165, 1.54) is 6.07 Å². The second-order valence-electron chi connectivity index (χ2n) is 4.40. The molecule has 102 valence electrons. The molecular weight excluding hydrogens is 331 g/mol. The summed E-state index contributed by atoms with van der Waals surface area (Å²) >= 11 is 3.37. The van der Waals surface area contributed by atoms with E-state index < -0.39 is 10.8 Å². The average Bonchev–Trinajstić information content (AvgIpc) is 2.33. The Morgan fingerprint density at radius 3 is 2.89 bits per heavy atom. The van der Waals surface area contributed by atoms with Gasteiger partial charge in [0, 0.05) is 45.2 Å². The summed E-state index contributed by atoms with van der Waals surface area (Å²) < 4.78 is 25.9. The van der Waals surface area contributed by atoms with Crippen LogP contribution in [0.15, 0.2) is 28.9 Å². The van der Waals surface area contributed by atoms with E-state index in [0.29, 0.717) is 22.3 Å². The normalized spacial score (nSPS) is 14.3. The first kappa shape index (κ1) is 14.4. The van der Waals surface area contributed by atoms with Gasteiger partial charge in [0.15, 0.2) is 0 Å². The van der Waals surface area contributed by atoms with E-state index in [9.17, 15) is 8.60 Å². The fourth-order valence-corrected chi connectivity index (χ4v) is 3.19. The van der Waals surface area contributed by atoms with Crippen LogP contribution in [0.2, 0.25) is 0 Å². The van der Waals surface area contributed by atoms with E-state index in [2.05, 4.69) is 26.2 Å². The number of pyridine rings is 1. The molecule has 0 bridgehead atoms. The Labute approximate surface area is 122 Å². The summed E-state index contributed by atoms with van der Waals surface area (Å²) in [5.74, 6) is 0.193. The van der Waals surface area contributed by atoms with Crippen molar-refractivity contribution in [3.63, 3.8) is 0 Å². The highest BCUT2D eigenvalue weighted by molar-refractivity contribution is 9.10. The summed E-state index contributed by atoms with van der Waals surface area (Å²) in [6.07, 6.45) is 3.28. The quantitative estimate of drug-likeness (QED) is 0.924. The van der Waals surface area contributed by atoms with Crippen molar-refractivity contribution in [2.75, 3.05) is 17.3 Å². The molecule has 19 heavy (non-hydrogen) atoms. The third kappa shape index (κ3) is 3.30. The molecule has 0 unspecified atom stereocenters. The molecule has 0 aliphatic heterocycles. The predicted molar refractivity (Wildman–Crippen MR) is 81.4 cm³/mol. The SMILES string of the molecule is C[C@@H](C[S@](C)=O)Nc1ccnc2c(Br)ccc(F)c12. The van der Waals surface area contributed by atoms with Crippen LogP contribution >= 0.6 is 15.9 Å². The maximum Gasteiger partial charge on any atom is 0.134 e. The number of benzene rings is 1. The van der Waals surface area contributed by atoms with Gasteiger partial charge in [-0.2, -0.15) is 0 Å². The number of aromatic nitrogens is 1. The molecule has 3 nitrogen and oxygen atoms in total. The summed E-state index contributed by atoms with van der Waals surface area (Å²) in [6.45, 7) is 1.92. The van der Waals surface area contributed by atoms with Gasteiger partial charge >= 0.3 is 0 Å². The largest absolute Gasteiger partial charge is 0.381 e. The van der Waals surface area contributed by atoms with Crippen molar-refractivity contribution in [2.24, 2.45) is 0 Å². The Hall–Kier alpha value is -1.01. The minimum Gasteiger partial charge on any atom is -0.381 e. The van der Waals surface area contributed by atoms with Crippen LogP contribution in [0, 0.1) is 5.82 Å². The molecule has 6 heteroatoms. The van der Waals surface area contributed by atoms with Crippen molar-refractivity contribution in [3.8, 4) is 0 Å². The van der Waals surface area contributed by atoms with E-state index in [1.54, 1.807) is 24.6 Å². The topological polar surface area (TPSA) is 42.0 Å². The molecule has 1 aromatic heterocycles. The van der Waals surface area contributed by atoms with Crippen LogP contribution in [0.1, 0.15) is 6.92 Å². The van der Waals surface area contributed by atoms with E-state index in [4.69, 9.17) is 0 Å². The van der Waals surface area contributed by atoms with Gasteiger partial charge in [0.1, 0.15) is 5.82 Å². The van der Waals surface area contributed by atoms with Gasteiger partial charge in [-0.3, -0.25) is 9.19 Å². The summed E-state index contributed by atoms with van der Waals surface area (Å²) in [5.41, 5.74) is 1.25. The summed E-state index contributed by atoms with van der Waals surface area (Å²) in [4.78, 5) is 4.18. The Balaban J connectivity index is 2.44. The maximum absolute atomic E-state index is 14.0. The van der Waals surface area contributed by atoms with Crippen molar-refractivity contribution in [1.29, 1.82) is 0 Å². The van der Waals surface area contributed by atoms with E-state index in [0.717, 1.165) is 4.47 Å². The molecule has 1 heterocycles. The first-order chi connectivity index (χ1) is 8.99. The standard InChI is InChI=1S/C13H14BrFN2OS/c1-8(7-19(2)18)17-11-5-6-16-13-9(14)3-4-10(15)12(11)13/h3-6,8H,7H2,1-2H3,(H,16,17)/t8-,19-/m0/s1. The highest BCUT2D eigenvalue weighted by atomic mass is 79.9. The van der Waals surface area contributed by atoms with Crippen molar-refractivity contribution in [3.05, 3.63) is 34.7 Å². The zero-order valence-electron chi connectivity index (χ0n) is 10.6. The van der Waals surface area contributed by atoms with Gasteiger partial charge in [-0.05, 0) is 41.1 Å². The van der Waals surface area contributed by atoms with Gasteiger partial charge in [0.05, 0.1) is 10.9 Å². The zero-order chi connectivity index (χ0) is 14.0. The molecule has 0 aliphatic rings. The van der Waals surface area contributed by atoms with Crippen LogP contribution in [0.4, 0.5) is 10.1 Å². The molecule has 0 fully saturated rings. The monoisotopic (exact) mass is 344 g/mol. The van der Waals surface area contributed by atoms with Crippen molar-refractivity contribution in [1.82, 2.24) is 4.98 Å². The molecule has 1 N–H and O–H groups in total. The number of nitrogens with zero attached hydrogens (tertiary/aromatic N) is 1. The lowest BCUT2D eigenvalue weighted by Gasteiger charge is -2.16. The molecule has 0 spiro atoms. The second kappa shape index (κ2) is 5.96. The van der Waals surface area contributed by atoms with Gasteiger partial charge in [-0.15, -0.1) is 0 Å². The molecule has 0 saturated carbocycles. The van der Waals surface area contributed by atoms with Crippen LogP contribution in [-0.2, 0) is 10.8 Å². The Morgan fingerprint density at radius 2 is 2.21 bits per heavy atom. The van der Waals surface area contributed by atoms with Crippen molar-refractivity contribution >= 4 is 43.3 Å². The Kier molecular flexibility index (Phi) is 4.52. The van der Waals surface area contributed by atoms with Crippen LogP contribution in [0.25, 0.3) is 10.9 Å². The van der Waals surface area contributed by atoms with Gasteiger partial charge < -0.3 is 5.32 Å². The van der Waals surface area contributed by atoms with Gasteiger partial charge in [-0.25, -0.2) is 4.39 Å². The molecule has 2 rings (SSSR count). The number of nitrogens with one attached hydrogen (secondary N) is 1. The fraction of sp³-hybridized carbons (Fsp3) is 0.308. The summed E-state index contributed by atoms with van der Waals surface area (Å²) in [5, 5.41) is 3.64. The molecular formula is C13H14BrFN2OS. The number of hydrogen-bond donors (Lipinski definition) is 1. The Morgan fingerprint density at radius 1 is 1.47 bits per heavy atom. The molecule has 2 aromatic rings. The van der Waals surface area contributed by atoms with E-state index in [1.807, 2.05) is 6.92 Å². The summed E-state index contributed by atoms with van der Waals surface area (Å²) in [6, 6.07) is 4.77. The second-order valence-corrected chi connectivity index (χ2v) is 6.73. The minimum absolute atomic E-state index is 0.00480. The van der Waals surface area contributed by atoms with Crippen molar-refractivity contribution < 1.29 is 8.60 Å². The summed E-state index contributed by atoms with van der Waals surface area (Å²) in [7, 11) is -0.894. The Bertz CT molecular complexity index is 635. The van der Waals surface area contributed by atoms with E-state index >= 15 is 0 Å². The predicted octanol–water partition coefficient (Wildman–Crippen LogP) is 3.32. The molecule has 0 saturated heterocycles. The number of anilines is 1. The number of fused-ring (bicyclic) bond motifs is 1. The van der Waals surface area contributed by atoms with Crippen LogP contribution in [0.5, 0.6) is 0 Å². The number of hydrogen-bond acceptors (Lipinski definition) is 3. The van der Waals surface area contributed by atoms with E-state index in [-0.39, 0.29) is 11.9 Å². The average molecular weight is 345 g/mol. The maximum atomic E-state index is 14.0. The van der Waals surface area contributed by atoms with Crippen molar-refractivity contribution in [2.45, 2.75) is 13.0 Å². The fourth-order valence-electron chi connectivity index (χ4n) is 1.97. The van der Waals surface area contributed by atoms with Gasteiger partial charge in [-0.1, -0.05) is 0 Å². The number of rotatable bonds is 4. The smallest absolute Gasteiger partial charge is 0.134 e. The zero-order valence-corrected chi connectivity index (χ0v) is 13.0. The third-order valence-electron chi connectivity index (χ3n) is 2.68. The lowest BCUT2D eigenvalue weighted by molar-refractivity contribution is 0.639. The first-order valence-electron chi connectivity index (χ1n) is 5.78. The molecule has 0 amide bonds. The molecule has 2 atom stereocenters. The van der Waals surface area contributed by atoms with Crippen LogP contribution in [0.3, 0.4) is 0 Å². The first-order valence-corrected chi connectivity index (χ1v) is 8.30.